The molecule has 8 rings (SSSR count). The third-order valence-corrected chi connectivity index (χ3v) is 10.8. The molecule has 0 radical (unpaired) electrons. The molecule has 2 aromatic carbocycles. The summed E-state index contributed by atoms with van der Waals surface area (Å²) < 4.78 is 73.5. The van der Waals surface area contributed by atoms with Gasteiger partial charge in [0, 0.05) is 52.7 Å². The van der Waals surface area contributed by atoms with E-state index in [2.05, 4.69) is 20.8 Å². The molecule has 2 aliphatic carbocycles. The van der Waals surface area contributed by atoms with E-state index in [1.54, 1.807) is 11.0 Å². The number of benzene rings is 2. The number of aromatic nitrogens is 3. The van der Waals surface area contributed by atoms with Gasteiger partial charge >= 0.3 is 6.01 Å². The predicted molar refractivity (Wildman–Crippen MR) is 171 cm³/mol. The fourth-order valence-electron chi connectivity index (χ4n) is 8.05. The molecule has 2 aromatic heterocycles. The molecule has 2 saturated heterocycles. The molecule has 2 saturated carbocycles. The topological polar surface area (TPSA) is 89.6 Å². The SMILES string of the molecule is C#Cc1c(F)ccc2cc(N)cc(-c3ncc4c(N5CCOC[C@H]6[C@H](F)[C@H]65)nc(OC[C@]5(C)CN(C)CC[C@]56C[C@H]6F)nc4c3F)c12. The lowest BCUT2D eigenvalue weighted by Crippen LogP contribution is -2.51. The quantitative estimate of drug-likeness (QED) is 0.177. The fraction of sp³-hybridized carbons (Fsp3) is 0.457. The zero-order valence-corrected chi connectivity index (χ0v) is 26.1. The largest absolute Gasteiger partial charge is 0.463 e. The molecule has 0 amide bonds. The summed E-state index contributed by atoms with van der Waals surface area (Å²) in [6.07, 6.45) is 6.25. The summed E-state index contributed by atoms with van der Waals surface area (Å²) in [5.41, 5.74) is 5.36. The van der Waals surface area contributed by atoms with Crippen LogP contribution in [0.25, 0.3) is 32.9 Å². The molecule has 244 valence electrons. The summed E-state index contributed by atoms with van der Waals surface area (Å²) in [5.74, 6) is 0.848. The molecular weight excluding hydrogens is 612 g/mol. The molecule has 4 aliphatic rings. The minimum Gasteiger partial charge on any atom is -0.463 e. The van der Waals surface area contributed by atoms with Crippen molar-refractivity contribution in [1.29, 1.82) is 0 Å². The summed E-state index contributed by atoms with van der Waals surface area (Å²) >= 11 is 0. The minimum absolute atomic E-state index is 0.0459. The zero-order chi connectivity index (χ0) is 32.8. The fourth-order valence-corrected chi connectivity index (χ4v) is 8.05. The number of hydrogen-bond acceptors (Lipinski definition) is 8. The van der Waals surface area contributed by atoms with Gasteiger partial charge in [-0.15, -0.1) is 6.42 Å². The Labute approximate surface area is 269 Å². The molecule has 47 heavy (non-hydrogen) atoms. The van der Waals surface area contributed by atoms with Crippen LogP contribution < -0.4 is 15.4 Å². The van der Waals surface area contributed by atoms with Gasteiger partial charge in [0.05, 0.1) is 36.8 Å². The number of hydrogen-bond donors (Lipinski definition) is 1. The van der Waals surface area contributed by atoms with Crippen LogP contribution in [0.5, 0.6) is 6.01 Å². The van der Waals surface area contributed by atoms with Gasteiger partial charge in [0.2, 0.25) is 0 Å². The molecule has 0 unspecified atom stereocenters. The predicted octanol–water partition coefficient (Wildman–Crippen LogP) is 5.31. The Balaban J connectivity index is 1.28. The van der Waals surface area contributed by atoms with Crippen LogP contribution in [0.4, 0.5) is 29.1 Å². The number of pyridine rings is 1. The molecule has 6 atom stereocenters. The second kappa shape index (κ2) is 10.7. The lowest BCUT2D eigenvalue weighted by Gasteiger charge is -2.45. The summed E-state index contributed by atoms with van der Waals surface area (Å²) in [5, 5.41) is 1.06. The van der Waals surface area contributed by atoms with Crippen molar-refractivity contribution in [3.8, 4) is 29.6 Å². The number of piperidine rings is 1. The van der Waals surface area contributed by atoms with Crippen LogP contribution >= 0.6 is 0 Å². The van der Waals surface area contributed by atoms with Crippen molar-refractivity contribution < 1.29 is 27.0 Å². The second-order valence-corrected chi connectivity index (χ2v) is 13.8. The molecule has 1 spiro atoms. The van der Waals surface area contributed by atoms with Gasteiger partial charge in [-0.2, -0.15) is 9.97 Å². The van der Waals surface area contributed by atoms with Crippen LogP contribution in [0.3, 0.4) is 0 Å². The summed E-state index contributed by atoms with van der Waals surface area (Å²) in [6, 6.07) is 5.27. The first-order valence-electron chi connectivity index (χ1n) is 15.8. The van der Waals surface area contributed by atoms with E-state index in [0.717, 1.165) is 6.54 Å². The number of nitrogen functional groups attached to an aromatic ring is 1. The van der Waals surface area contributed by atoms with Gasteiger partial charge in [-0.1, -0.05) is 18.9 Å². The number of ether oxygens (including phenoxy) is 2. The normalized spacial score (nSPS) is 30.3. The first-order chi connectivity index (χ1) is 22.5. The summed E-state index contributed by atoms with van der Waals surface area (Å²) in [4.78, 5) is 17.6. The van der Waals surface area contributed by atoms with Crippen LogP contribution in [-0.4, -0.2) is 84.7 Å². The number of nitrogens with two attached hydrogens (primary N) is 1. The van der Waals surface area contributed by atoms with E-state index in [1.807, 2.05) is 14.0 Å². The van der Waals surface area contributed by atoms with Crippen LogP contribution in [0.1, 0.15) is 25.3 Å². The Morgan fingerprint density at radius 1 is 1.19 bits per heavy atom. The van der Waals surface area contributed by atoms with E-state index in [1.165, 1.54) is 24.4 Å². The molecule has 4 aromatic rings. The number of terminal acetylenes is 1. The molecule has 0 bridgehead atoms. The van der Waals surface area contributed by atoms with Gasteiger partial charge in [0.1, 0.15) is 35.2 Å². The highest BCUT2D eigenvalue weighted by molar-refractivity contribution is 6.03. The minimum atomic E-state index is -1.13. The van der Waals surface area contributed by atoms with Crippen LogP contribution in [0.2, 0.25) is 0 Å². The van der Waals surface area contributed by atoms with E-state index >= 15 is 4.39 Å². The third-order valence-electron chi connectivity index (χ3n) is 10.8. The van der Waals surface area contributed by atoms with Crippen LogP contribution in [0, 0.1) is 40.7 Å². The Bertz CT molecular complexity index is 1990. The number of fused-ring (bicyclic) bond motifs is 3. The second-order valence-electron chi connectivity index (χ2n) is 13.8. The molecule has 4 heterocycles. The zero-order valence-electron chi connectivity index (χ0n) is 26.1. The van der Waals surface area contributed by atoms with E-state index < -0.39 is 40.8 Å². The third kappa shape index (κ3) is 4.61. The van der Waals surface area contributed by atoms with E-state index in [0.29, 0.717) is 43.6 Å². The van der Waals surface area contributed by atoms with Crippen molar-refractivity contribution in [3.63, 3.8) is 0 Å². The van der Waals surface area contributed by atoms with Gasteiger partial charge in [0.15, 0.2) is 5.82 Å². The Kier molecular flexibility index (Phi) is 6.83. The lowest BCUT2D eigenvalue weighted by molar-refractivity contribution is -0.0163. The first kappa shape index (κ1) is 30.1. The molecule has 2 aliphatic heterocycles. The van der Waals surface area contributed by atoms with Crippen molar-refractivity contribution in [2.45, 2.75) is 38.2 Å². The van der Waals surface area contributed by atoms with Gasteiger partial charge < -0.3 is 25.0 Å². The maximum absolute atomic E-state index is 16.9. The molecule has 8 nitrogen and oxygen atoms in total. The van der Waals surface area contributed by atoms with E-state index in [9.17, 15) is 13.2 Å². The first-order valence-corrected chi connectivity index (χ1v) is 15.8. The average molecular weight is 647 g/mol. The van der Waals surface area contributed by atoms with Crippen LogP contribution in [0.15, 0.2) is 30.5 Å². The lowest BCUT2D eigenvalue weighted by atomic mass is 9.69. The number of halogens is 4. The maximum atomic E-state index is 16.9. The number of rotatable bonds is 5. The molecular formula is C35H34F4N6O2. The highest BCUT2D eigenvalue weighted by Crippen LogP contribution is 2.64. The number of nitrogens with zero attached hydrogens (tertiary/aromatic N) is 5. The van der Waals surface area contributed by atoms with Gasteiger partial charge in [-0.25, -0.2) is 17.6 Å². The highest BCUT2D eigenvalue weighted by Gasteiger charge is 2.67. The van der Waals surface area contributed by atoms with Crippen molar-refractivity contribution in [2.24, 2.45) is 16.7 Å². The van der Waals surface area contributed by atoms with Gasteiger partial charge in [-0.3, -0.25) is 4.98 Å². The standard InChI is InChI=1S/C35H34F4N6O2/c1-4-20-24(36)6-5-18-11-19(40)12-21(26(18)20)29-28(39)30-22(14-41-29)32(45-9-10-46-15-23-27(38)31(23)45)43-33(42-30)47-17-34(2)16-44(3)8-7-35(34)13-25(35)37/h1,5-6,11-12,14,23,25,27,31H,7-10,13,15-17,40H2,2-3H3/t23-,25+,27-,31-,34-,35+/m0/s1. The molecule has 2 N–H and O–H groups in total. The van der Waals surface area contributed by atoms with Crippen molar-refractivity contribution in [2.75, 3.05) is 57.1 Å². The highest BCUT2D eigenvalue weighted by atomic mass is 19.1. The van der Waals surface area contributed by atoms with Crippen molar-refractivity contribution in [3.05, 3.63) is 47.7 Å². The maximum Gasteiger partial charge on any atom is 0.319 e. The number of likely N-dealkylation sites (tertiary alicyclic amines) is 1. The summed E-state index contributed by atoms with van der Waals surface area (Å²) in [7, 11) is 1.99. The van der Waals surface area contributed by atoms with Gasteiger partial charge in [0.25, 0.3) is 0 Å². The van der Waals surface area contributed by atoms with Crippen molar-refractivity contribution in [1.82, 2.24) is 19.9 Å². The monoisotopic (exact) mass is 646 g/mol. The Morgan fingerprint density at radius 3 is 2.77 bits per heavy atom. The molecule has 4 fully saturated rings. The van der Waals surface area contributed by atoms with Crippen LogP contribution in [-0.2, 0) is 4.74 Å². The Hall–Kier alpha value is -4.21. The summed E-state index contributed by atoms with van der Waals surface area (Å²) in [6.45, 7) is 4.44. The average Bonchev–Trinajstić information content (AvgIpc) is 3.93. The Morgan fingerprint density at radius 2 is 2.00 bits per heavy atom. The van der Waals surface area contributed by atoms with E-state index in [-0.39, 0.29) is 64.1 Å². The molecule has 12 heteroatoms. The van der Waals surface area contributed by atoms with Crippen molar-refractivity contribution >= 4 is 33.2 Å². The number of alkyl halides is 2. The number of anilines is 2. The smallest absolute Gasteiger partial charge is 0.319 e. The van der Waals surface area contributed by atoms with Gasteiger partial charge in [-0.05, 0) is 50.0 Å². The van der Waals surface area contributed by atoms with E-state index in [4.69, 9.17) is 26.6 Å².